The molecule has 3 aromatic rings. The molecule has 174 valence electrons. The van der Waals surface area contributed by atoms with E-state index in [9.17, 15) is 9.59 Å². The fourth-order valence-corrected chi connectivity index (χ4v) is 4.05. The average molecular weight is 476 g/mol. The number of ketones is 1. The van der Waals surface area contributed by atoms with E-state index in [0.717, 1.165) is 29.9 Å². The Morgan fingerprint density at radius 3 is 2.32 bits per heavy atom. The predicted molar refractivity (Wildman–Crippen MR) is 135 cm³/mol. The third-order valence-corrected chi connectivity index (χ3v) is 6.09. The van der Waals surface area contributed by atoms with Crippen LogP contribution in [-0.2, 0) is 11.2 Å². The smallest absolute Gasteiger partial charge is 0.315 e. The van der Waals surface area contributed by atoms with Crippen LogP contribution in [0.3, 0.4) is 0 Å². The quantitative estimate of drug-likeness (QED) is 0.229. The SMILES string of the molecule is CCN(CC)c1ccc(/C=C2\Oc3c(ccc(OC(=O)Cc4ccc(Cl)cc4)c3C)C2=O)cc1. The summed E-state index contributed by atoms with van der Waals surface area (Å²) in [4.78, 5) is 27.6. The molecule has 0 radical (unpaired) electrons. The summed E-state index contributed by atoms with van der Waals surface area (Å²) >= 11 is 5.89. The molecule has 1 heterocycles. The highest BCUT2D eigenvalue weighted by atomic mass is 35.5. The lowest BCUT2D eigenvalue weighted by molar-refractivity contribution is -0.133. The molecule has 0 bridgehead atoms. The van der Waals surface area contributed by atoms with Crippen LogP contribution in [0, 0.1) is 6.92 Å². The van der Waals surface area contributed by atoms with Gasteiger partial charge in [0.25, 0.3) is 0 Å². The molecular formula is C28H26ClNO4. The lowest BCUT2D eigenvalue weighted by Gasteiger charge is -2.20. The number of allylic oxidation sites excluding steroid dienone is 1. The lowest BCUT2D eigenvalue weighted by atomic mass is 10.1. The van der Waals surface area contributed by atoms with Gasteiger partial charge >= 0.3 is 5.97 Å². The molecule has 0 amide bonds. The molecule has 3 aromatic carbocycles. The van der Waals surface area contributed by atoms with Crippen LogP contribution in [0.1, 0.15) is 40.9 Å². The Bertz CT molecular complexity index is 1240. The maximum Gasteiger partial charge on any atom is 0.315 e. The normalized spacial score (nSPS) is 13.5. The number of rotatable bonds is 7. The zero-order chi connectivity index (χ0) is 24.2. The molecule has 0 atom stereocenters. The Morgan fingerprint density at radius 2 is 1.68 bits per heavy atom. The summed E-state index contributed by atoms with van der Waals surface area (Å²) in [5, 5.41) is 0.608. The number of halogens is 1. The molecule has 0 aliphatic carbocycles. The molecule has 1 aliphatic rings. The first kappa shape index (κ1) is 23.6. The minimum absolute atomic E-state index is 0.113. The third-order valence-electron chi connectivity index (χ3n) is 5.84. The number of hydrogen-bond acceptors (Lipinski definition) is 5. The topological polar surface area (TPSA) is 55.8 Å². The third kappa shape index (κ3) is 5.00. The van der Waals surface area contributed by atoms with Gasteiger partial charge in [-0.1, -0.05) is 35.9 Å². The summed E-state index contributed by atoms with van der Waals surface area (Å²) in [6.07, 6.45) is 1.85. The van der Waals surface area contributed by atoms with Crippen LogP contribution in [0.5, 0.6) is 11.5 Å². The number of anilines is 1. The second kappa shape index (κ2) is 10.1. The Morgan fingerprint density at radius 1 is 1.00 bits per heavy atom. The minimum atomic E-state index is -0.404. The highest BCUT2D eigenvalue weighted by Gasteiger charge is 2.30. The van der Waals surface area contributed by atoms with Gasteiger partial charge in [-0.05, 0) is 74.4 Å². The standard InChI is InChI=1S/C28H26ClNO4/c1-4-30(5-2)22-12-8-19(9-13-22)16-25-27(32)23-14-15-24(18(3)28(23)34-25)33-26(31)17-20-6-10-21(29)11-7-20/h6-16H,4-5,17H2,1-3H3/b25-16-. The highest BCUT2D eigenvalue weighted by molar-refractivity contribution is 6.30. The molecule has 6 heteroatoms. The molecule has 0 aromatic heterocycles. The number of benzene rings is 3. The van der Waals surface area contributed by atoms with Gasteiger partial charge < -0.3 is 14.4 Å². The van der Waals surface area contributed by atoms with Gasteiger partial charge in [-0.3, -0.25) is 9.59 Å². The summed E-state index contributed by atoms with van der Waals surface area (Å²) in [6, 6.07) is 18.3. The summed E-state index contributed by atoms with van der Waals surface area (Å²) in [5.41, 5.74) is 3.88. The van der Waals surface area contributed by atoms with Gasteiger partial charge in [0.15, 0.2) is 5.76 Å². The van der Waals surface area contributed by atoms with Crippen molar-refractivity contribution in [2.75, 3.05) is 18.0 Å². The van der Waals surface area contributed by atoms with E-state index in [4.69, 9.17) is 21.1 Å². The van der Waals surface area contributed by atoms with Crippen LogP contribution < -0.4 is 14.4 Å². The van der Waals surface area contributed by atoms with Crippen molar-refractivity contribution in [2.24, 2.45) is 0 Å². The zero-order valence-electron chi connectivity index (χ0n) is 19.4. The minimum Gasteiger partial charge on any atom is -0.452 e. The average Bonchev–Trinajstić information content (AvgIpc) is 3.15. The molecule has 0 saturated carbocycles. The van der Waals surface area contributed by atoms with Crippen LogP contribution >= 0.6 is 11.6 Å². The van der Waals surface area contributed by atoms with E-state index >= 15 is 0 Å². The monoisotopic (exact) mass is 475 g/mol. The first-order valence-corrected chi connectivity index (χ1v) is 11.6. The molecule has 0 spiro atoms. The van der Waals surface area contributed by atoms with E-state index in [1.165, 1.54) is 0 Å². The van der Waals surface area contributed by atoms with Crippen molar-refractivity contribution >= 4 is 35.1 Å². The van der Waals surface area contributed by atoms with Gasteiger partial charge in [0.2, 0.25) is 5.78 Å². The lowest BCUT2D eigenvalue weighted by Crippen LogP contribution is -2.21. The van der Waals surface area contributed by atoms with Crippen LogP contribution in [0.15, 0.2) is 66.4 Å². The second-order valence-corrected chi connectivity index (χ2v) is 8.48. The van der Waals surface area contributed by atoms with Crippen molar-refractivity contribution in [3.8, 4) is 11.5 Å². The van der Waals surface area contributed by atoms with E-state index in [1.54, 1.807) is 49.4 Å². The van der Waals surface area contributed by atoms with Crippen LogP contribution in [-0.4, -0.2) is 24.8 Å². The van der Waals surface area contributed by atoms with Crippen LogP contribution in [0.4, 0.5) is 5.69 Å². The fraction of sp³-hybridized carbons (Fsp3) is 0.214. The molecule has 0 unspecified atom stereocenters. The summed E-state index contributed by atoms with van der Waals surface area (Å²) in [7, 11) is 0. The fourth-order valence-electron chi connectivity index (χ4n) is 3.93. The largest absolute Gasteiger partial charge is 0.452 e. The molecular weight excluding hydrogens is 450 g/mol. The van der Waals surface area contributed by atoms with E-state index in [0.29, 0.717) is 27.6 Å². The van der Waals surface area contributed by atoms with E-state index < -0.39 is 5.97 Å². The van der Waals surface area contributed by atoms with Crippen molar-refractivity contribution in [2.45, 2.75) is 27.2 Å². The van der Waals surface area contributed by atoms with Gasteiger partial charge in [0.1, 0.15) is 11.5 Å². The van der Waals surface area contributed by atoms with Crippen molar-refractivity contribution in [3.05, 3.63) is 93.7 Å². The highest BCUT2D eigenvalue weighted by Crippen LogP contribution is 2.39. The Labute approximate surface area is 204 Å². The van der Waals surface area contributed by atoms with Gasteiger partial charge in [-0.15, -0.1) is 0 Å². The Hall–Kier alpha value is -3.57. The van der Waals surface area contributed by atoms with E-state index in [2.05, 4.69) is 18.7 Å². The Kier molecular flexibility index (Phi) is 7.03. The molecule has 0 saturated heterocycles. The summed E-state index contributed by atoms with van der Waals surface area (Å²) in [6.45, 7) is 7.87. The molecule has 4 rings (SSSR count). The molecule has 0 N–H and O–H groups in total. The van der Waals surface area contributed by atoms with Crippen molar-refractivity contribution in [3.63, 3.8) is 0 Å². The number of Topliss-reactive ketones (excluding diaryl/α,β-unsaturated/α-hetero) is 1. The van der Waals surface area contributed by atoms with Crippen LogP contribution in [0.2, 0.25) is 5.02 Å². The molecule has 0 fully saturated rings. The van der Waals surface area contributed by atoms with Crippen molar-refractivity contribution in [1.82, 2.24) is 0 Å². The Balaban J connectivity index is 1.50. The van der Waals surface area contributed by atoms with Gasteiger partial charge in [0, 0.05) is 29.4 Å². The van der Waals surface area contributed by atoms with Crippen molar-refractivity contribution in [1.29, 1.82) is 0 Å². The van der Waals surface area contributed by atoms with Gasteiger partial charge in [-0.2, -0.15) is 0 Å². The van der Waals surface area contributed by atoms with E-state index in [1.807, 2.05) is 24.3 Å². The number of fused-ring (bicyclic) bond motifs is 1. The number of hydrogen-bond donors (Lipinski definition) is 0. The first-order valence-electron chi connectivity index (χ1n) is 11.3. The van der Waals surface area contributed by atoms with Crippen molar-refractivity contribution < 1.29 is 19.1 Å². The number of ether oxygens (including phenoxy) is 2. The second-order valence-electron chi connectivity index (χ2n) is 8.05. The van der Waals surface area contributed by atoms with Gasteiger partial charge in [-0.25, -0.2) is 0 Å². The molecule has 1 aliphatic heterocycles. The summed E-state index contributed by atoms with van der Waals surface area (Å²) < 4.78 is 11.5. The number of esters is 1. The number of carbonyl (C=O) groups is 2. The maximum absolute atomic E-state index is 12.9. The first-order chi connectivity index (χ1) is 16.4. The predicted octanol–water partition coefficient (Wildman–Crippen LogP) is 6.26. The maximum atomic E-state index is 12.9. The zero-order valence-corrected chi connectivity index (χ0v) is 20.2. The summed E-state index contributed by atoms with van der Waals surface area (Å²) in [5.74, 6) is 0.449. The van der Waals surface area contributed by atoms with E-state index in [-0.39, 0.29) is 18.0 Å². The number of nitrogens with zero attached hydrogens (tertiary/aromatic N) is 1. The molecule has 34 heavy (non-hydrogen) atoms. The molecule has 5 nitrogen and oxygen atoms in total. The van der Waals surface area contributed by atoms with Crippen LogP contribution in [0.25, 0.3) is 6.08 Å². The van der Waals surface area contributed by atoms with Gasteiger partial charge in [0.05, 0.1) is 12.0 Å². The number of carbonyl (C=O) groups excluding carboxylic acids is 2.